The lowest BCUT2D eigenvalue weighted by Gasteiger charge is -2.15. The van der Waals surface area contributed by atoms with Gasteiger partial charge < -0.3 is 19.7 Å². The third-order valence-corrected chi connectivity index (χ3v) is 3.09. The van der Waals surface area contributed by atoms with E-state index in [2.05, 4.69) is 20.3 Å². The second-order valence-electron chi connectivity index (χ2n) is 3.93. The maximum atomic E-state index is 5.86. The average molecular weight is 274 g/mol. The maximum Gasteiger partial charge on any atom is 0.231 e. The van der Waals surface area contributed by atoms with E-state index < -0.39 is 0 Å². The van der Waals surface area contributed by atoms with Crippen LogP contribution in [0.3, 0.4) is 0 Å². The molecule has 1 aliphatic rings. The molecule has 0 spiro atoms. The number of methoxy groups -OCH3 is 2. The number of anilines is 2. The van der Waals surface area contributed by atoms with E-state index in [4.69, 9.17) is 21.1 Å². The zero-order valence-electron chi connectivity index (χ0n) is 10.6. The summed E-state index contributed by atoms with van der Waals surface area (Å²) in [4.78, 5) is 14.3. The fourth-order valence-corrected chi connectivity index (χ4v) is 2.11. The van der Waals surface area contributed by atoms with E-state index in [0.717, 1.165) is 0 Å². The quantitative estimate of drug-likeness (QED) is 0.852. The molecule has 0 aliphatic carbocycles. The molecule has 1 aromatic heterocycles. The zero-order valence-corrected chi connectivity index (χ0v) is 11.3. The Morgan fingerprint density at radius 1 is 1.17 bits per heavy atom. The van der Waals surface area contributed by atoms with Crippen molar-refractivity contribution in [2.24, 2.45) is 0 Å². The van der Waals surface area contributed by atoms with Crippen molar-refractivity contribution < 1.29 is 9.47 Å². The predicted molar refractivity (Wildman–Crippen MR) is 68.2 cm³/mol. The smallest absolute Gasteiger partial charge is 0.231 e. The Kier molecular flexibility index (Phi) is 4.15. The van der Waals surface area contributed by atoms with E-state index in [1.807, 2.05) is 4.90 Å². The molecule has 8 heteroatoms. The van der Waals surface area contributed by atoms with Crippen molar-refractivity contribution >= 4 is 23.5 Å². The highest BCUT2D eigenvalue weighted by Gasteiger charge is 2.34. The molecule has 1 fully saturated rings. The lowest BCUT2D eigenvalue weighted by atomic mass is 10.3. The van der Waals surface area contributed by atoms with Gasteiger partial charge in [-0.05, 0) is 11.6 Å². The minimum Gasteiger partial charge on any atom is -0.377 e. The monoisotopic (exact) mass is 273 g/mol. The Morgan fingerprint density at radius 3 is 2.28 bits per heavy atom. The fourth-order valence-electron chi connectivity index (χ4n) is 1.95. The van der Waals surface area contributed by atoms with Gasteiger partial charge in [0.05, 0.1) is 0 Å². The molecule has 7 nitrogen and oxygen atoms in total. The van der Waals surface area contributed by atoms with Crippen LogP contribution >= 0.6 is 11.6 Å². The molecule has 2 heterocycles. The summed E-state index contributed by atoms with van der Waals surface area (Å²) < 4.78 is 10.7. The van der Waals surface area contributed by atoms with Gasteiger partial charge in [0.1, 0.15) is 12.2 Å². The van der Waals surface area contributed by atoms with Crippen LogP contribution in [-0.2, 0) is 9.47 Å². The topological polar surface area (TPSA) is 72.4 Å². The van der Waals surface area contributed by atoms with Crippen molar-refractivity contribution in [1.82, 2.24) is 15.0 Å². The van der Waals surface area contributed by atoms with Crippen molar-refractivity contribution in [3.8, 4) is 0 Å². The normalized spacial score (nSPS) is 23.4. The van der Waals surface area contributed by atoms with Crippen LogP contribution in [0.1, 0.15) is 0 Å². The van der Waals surface area contributed by atoms with Crippen LogP contribution in [0.5, 0.6) is 0 Å². The molecule has 0 radical (unpaired) electrons. The second kappa shape index (κ2) is 5.64. The SMILES string of the molecule is CNc1nc(Cl)nc(N2CC(OC)C(OC)C2)n1. The van der Waals surface area contributed by atoms with Gasteiger partial charge in [-0.3, -0.25) is 0 Å². The number of rotatable bonds is 4. The van der Waals surface area contributed by atoms with E-state index in [9.17, 15) is 0 Å². The minimum atomic E-state index is 0.00331. The second-order valence-corrected chi connectivity index (χ2v) is 4.27. The van der Waals surface area contributed by atoms with Crippen LogP contribution < -0.4 is 10.2 Å². The Morgan fingerprint density at radius 2 is 1.78 bits per heavy atom. The van der Waals surface area contributed by atoms with Crippen LogP contribution in [0, 0.1) is 0 Å². The van der Waals surface area contributed by atoms with Crippen LogP contribution in [0.15, 0.2) is 0 Å². The highest BCUT2D eigenvalue weighted by molar-refractivity contribution is 6.28. The molecule has 1 aliphatic heterocycles. The summed E-state index contributed by atoms with van der Waals surface area (Å²) in [7, 11) is 5.06. The first-order valence-corrected chi connectivity index (χ1v) is 5.95. The van der Waals surface area contributed by atoms with Crippen molar-refractivity contribution in [2.75, 3.05) is 44.6 Å². The molecule has 2 rings (SSSR count). The summed E-state index contributed by atoms with van der Waals surface area (Å²) in [6.45, 7) is 1.33. The summed E-state index contributed by atoms with van der Waals surface area (Å²) >= 11 is 5.86. The van der Waals surface area contributed by atoms with Gasteiger partial charge in [-0.25, -0.2) is 0 Å². The zero-order chi connectivity index (χ0) is 13.1. The number of ether oxygens (including phenoxy) is 2. The van der Waals surface area contributed by atoms with E-state index >= 15 is 0 Å². The number of aromatic nitrogens is 3. The largest absolute Gasteiger partial charge is 0.377 e. The van der Waals surface area contributed by atoms with Gasteiger partial charge in [0.15, 0.2) is 0 Å². The van der Waals surface area contributed by atoms with Gasteiger partial charge in [0.2, 0.25) is 17.2 Å². The first kappa shape index (κ1) is 13.3. The molecule has 2 atom stereocenters. The van der Waals surface area contributed by atoms with Gasteiger partial charge >= 0.3 is 0 Å². The average Bonchev–Trinajstić information content (AvgIpc) is 2.81. The molecule has 2 unspecified atom stereocenters. The van der Waals surface area contributed by atoms with Crippen LogP contribution in [0.4, 0.5) is 11.9 Å². The van der Waals surface area contributed by atoms with Gasteiger partial charge in [-0.15, -0.1) is 0 Å². The third kappa shape index (κ3) is 2.63. The number of hydrogen-bond acceptors (Lipinski definition) is 7. The lowest BCUT2D eigenvalue weighted by molar-refractivity contribution is -0.00461. The van der Waals surface area contributed by atoms with Crippen molar-refractivity contribution in [1.29, 1.82) is 0 Å². The van der Waals surface area contributed by atoms with E-state index in [1.165, 1.54) is 0 Å². The Bertz CT molecular complexity index is 407. The highest BCUT2D eigenvalue weighted by atomic mass is 35.5. The van der Waals surface area contributed by atoms with Crippen LogP contribution in [-0.4, -0.2) is 61.5 Å². The Hall–Kier alpha value is -1.18. The van der Waals surface area contributed by atoms with Crippen LogP contribution in [0.25, 0.3) is 0 Å². The van der Waals surface area contributed by atoms with Gasteiger partial charge in [-0.2, -0.15) is 15.0 Å². The standard InChI is InChI=1S/C10H16ClN5O2/c1-12-9-13-8(11)14-10(15-9)16-4-6(17-2)7(5-16)18-3/h6-7H,4-5H2,1-3H3,(H,12,13,14,15). The summed E-state index contributed by atoms with van der Waals surface area (Å²) in [5.74, 6) is 0.973. The number of nitrogens with zero attached hydrogens (tertiary/aromatic N) is 4. The molecule has 0 aromatic carbocycles. The Labute approximate surface area is 110 Å². The lowest BCUT2D eigenvalue weighted by Crippen LogP contribution is -2.27. The Balaban J connectivity index is 2.20. The van der Waals surface area contributed by atoms with Gasteiger partial charge in [0.25, 0.3) is 0 Å². The maximum absolute atomic E-state index is 5.86. The molecule has 18 heavy (non-hydrogen) atoms. The summed E-state index contributed by atoms with van der Waals surface area (Å²) in [6, 6.07) is 0. The van der Waals surface area contributed by atoms with E-state index in [0.29, 0.717) is 25.0 Å². The molecule has 100 valence electrons. The molecular formula is C10H16ClN5O2. The summed E-state index contributed by atoms with van der Waals surface area (Å²) in [5.41, 5.74) is 0. The molecule has 1 N–H and O–H groups in total. The van der Waals surface area contributed by atoms with E-state index in [1.54, 1.807) is 21.3 Å². The van der Waals surface area contributed by atoms with Crippen LogP contribution in [0.2, 0.25) is 5.28 Å². The highest BCUT2D eigenvalue weighted by Crippen LogP contribution is 2.21. The van der Waals surface area contributed by atoms with Gasteiger partial charge in [-0.1, -0.05) is 0 Å². The van der Waals surface area contributed by atoms with Gasteiger partial charge in [0, 0.05) is 34.4 Å². The number of halogens is 1. The summed E-state index contributed by atoms with van der Waals surface area (Å²) in [6.07, 6.45) is 0.00662. The van der Waals surface area contributed by atoms with E-state index in [-0.39, 0.29) is 17.5 Å². The third-order valence-electron chi connectivity index (χ3n) is 2.92. The molecule has 0 amide bonds. The molecule has 1 saturated heterocycles. The van der Waals surface area contributed by atoms with Crippen molar-refractivity contribution in [3.63, 3.8) is 0 Å². The molecule has 0 bridgehead atoms. The van der Waals surface area contributed by atoms with Crippen molar-refractivity contribution in [2.45, 2.75) is 12.2 Å². The molecular weight excluding hydrogens is 258 g/mol. The molecule has 0 saturated carbocycles. The molecule has 1 aromatic rings. The number of hydrogen-bond donors (Lipinski definition) is 1. The number of nitrogens with one attached hydrogen (secondary N) is 1. The predicted octanol–water partition coefficient (Wildman–Crippen LogP) is 0.417. The summed E-state index contributed by atoms with van der Waals surface area (Å²) in [5, 5.41) is 3.01. The first-order chi connectivity index (χ1) is 8.67. The minimum absolute atomic E-state index is 0.00331. The fraction of sp³-hybridized carbons (Fsp3) is 0.700. The first-order valence-electron chi connectivity index (χ1n) is 5.57. The van der Waals surface area contributed by atoms with Crippen molar-refractivity contribution in [3.05, 3.63) is 5.28 Å².